The molecule has 1 saturated heterocycles. The van der Waals surface area contributed by atoms with Crippen molar-refractivity contribution in [3.05, 3.63) is 29.3 Å². The minimum Gasteiger partial charge on any atom is -0.493 e. The highest BCUT2D eigenvalue weighted by atomic mass is 16.5. The maximum atomic E-state index is 12.4. The van der Waals surface area contributed by atoms with Crippen LogP contribution in [-0.4, -0.2) is 25.5 Å². The molecule has 1 aromatic rings. The zero-order valence-corrected chi connectivity index (χ0v) is 10.6. The molecule has 1 N–H and O–H groups in total. The highest BCUT2D eigenvalue weighted by Gasteiger charge is 2.23. The number of hydrogen-bond donors (Lipinski definition) is 1. The molecule has 3 rings (SSSR count). The van der Waals surface area contributed by atoms with Crippen LogP contribution in [-0.2, 0) is 6.42 Å². The average molecular weight is 245 g/mol. The number of ketones is 1. The van der Waals surface area contributed by atoms with Crippen molar-refractivity contribution in [3.63, 3.8) is 0 Å². The van der Waals surface area contributed by atoms with E-state index in [4.69, 9.17) is 4.74 Å². The van der Waals surface area contributed by atoms with Crippen LogP contribution in [0.2, 0.25) is 0 Å². The molecule has 0 saturated carbocycles. The lowest BCUT2D eigenvalue weighted by atomic mass is 9.88. The molecule has 0 amide bonds. The van der Waals surface area contributed by atoms with Gasteiger partial charge in [0.05, 0.1) is 6.61 Å². The highest BCUT2D eigenvalue weighted by Crippen LogP contribution is 2.27. The predicted octanol–water partition coefficient (Wildman–Crippen LogP) is 2.19. The Bertz CT molecular complexity index is 450. The first kappa shape index (κ1) is 11.7. The summed E-state index contributed by atoms with van der Waals surface area (Å²) in [7, 11) is 0. The SMILES string of the molecule is O=C(c1ccc2c(c1)CCCO2)C1CCNCC1. The van der Waals surface area contributed by atoms with Gasteiger partial charge in [-0.25, -0.2) is 0 Å². The van der Waals surface area contributed by atoms with Crippen LogP contribution in [0.4, 0.5) is 0 Å². The van der Waals surface area contributed by atoms with Crippen molar-refractivity contribution in [1.29, 1.82) is 0 Å². The fourth-order valence-electron chi connectivity index (χ4n) is 2.83. The number of hydrogen-bond acceptors (Lipinski definition) is 3. The second kappa shape index (κ2) is 5.11. The summed E-state index contributed by atoms with van der Waals surface area (Å²) in [4.78, 5) is 12.4. The molecule has 2 heterocycles. The second-order valence-corrected chi connectivity index (χ2v) is 5.16. The predicted molar refractivity (Wildman–Crippen MR) is 70.2 cm³/mol. The third-order valence-corrected chi connectivity index (χ3v) is 3.90. The summed E-state index contributed by atoms with van der Waals surface area (Å²) in [5.74, 6) is 1.47. The monoisotopic (exact) mass is 245 g/mol. The van der Waals surface area contributed by atoms with Crippen molar-refractivity contribution < 1.29 is 9.53 Å². The zero-order valence-electron chi connectivity index (χ0n) is 10.6. The van der Waals surface area contributed by atoms with E-state index in [0.29, 0.717) is 5.78 Å². The Labute approximate surface area is 108 Å². The van der Waals surface area contributed by atoms with Gasteiger partial charge in [-0.15, -0.1) is 0 Å². The first-order valence-corrected chi connectivity index (χ1v) is 6.85. The lowest BCUT2D eigenvalue weighted by molar-refractivity contribution is 0.0895. The third-order valence-electron chi connectivity index (χ3n) is 3.90. The lowest BCUT2D eigenvalue weighted by Gasteiger charge is -2.22. The van der Waals surface area contributed by atoms with Gasteiger partial charge >= 0.3 is 0 Å². The molecule has 96 valence electrons. The number of Topliss-reactive ketones (excluding diaryl/α,β-unsaturated/α-hetero) is 1. The van der Waals surface area contributed by atoms with E-state index in [1.54, 1.807) is 0 Å². The van der Waals surface area contributed by atoms with Crippen LogP contribution in [0.1, 0.15) is 35.2 Å². The summed E-state index contributed by atoms with van der Waals surface area (Å²) in [6, 6.07) is 5.93. The van der Waals surface area contributed by atoms with Gasteiger partial charge in [0.25, 0.3) is 0 Å². The maximum Gasteiger partial charge on any atom is 0.166 e. The average Bonchev–Trinajstić information content (AvgIpc) is 2.47. The normalized spacial score (nSPS) is 20.0. The smallest absolute Gasteiger partial charge is 0.166 e. The summed E-state index contributed by atoms with van der Waals surface area (Å²) in [5, 5.41) is 3.30. The van der Waals surface area contributed by atoms with Gasteiger partial charge in [0.1, 0.15) is 5.75 Å². The summed E-state index contributed by atoms with van der Waals surface area (Å²) in [6.45, 7) is 2.73. The molecule has 3 heteroatoms. The van der Waals surface area contributed by atoms with Crippen LogP contribution in [0, 0.1) is 5.92 Å². The Morgan fingerprint density at radius 1 is 1.28 bits per heavy atom. The number of fused-ring (bicyclic) bond motifs is 1. The molecule has 0 spiro atoms. The van der Waals surface area contributed by atoms with Crippen LogP contribution in [0.15, 0.2) is 18.2 Å². The van der Waals surface area contributed by atoms with Crippen LogP contribution in [0.3, 0.4) is 0 Å². The van der Waals surface area contributed by atoms with Crippen LogP contribution in [0.25, 0.3) is 0 Å². The van der Waals surface area contributed by atoms with Gasteiger partial charge in [-0.3, -0.25) is 4.79 Å². The first-order valence-electron chi connectivity index (χ1n) is 6.85. The Hall–Kier alpha value is -1.35. The van der Waals surface area contributed by atoms with Gasteiger partial charge in [-0.05, 0) is 62.5 Å². The van der Waals surface area contributed by atoms with Crippen molar-refractivity contribution >= 4 is 5.78 Å². The number of nitrogens with one attached hydrogen (secondary N) is 1. The topological polar surface area (TPSA) is 38.3 Å². The minimum absolute atomic E-state index is 0.203. The van der Waals surface area contributed by atoms with E-state index >= 15 is 0 Å². The van der Waals surface area contributed by atoms with E-state index in [1.165, 1.54) is 5.56 Å². The summed E-state index contributed by atoms with van der Waals surface area (Å²) in [6.07, 6.45) is 4.01. The number of piperidine rings is 1. The molecule has 2 aliphatic heterocycles. The van der Waals surface area contributed by atoms with Gasteiger partial charge in [-0.2, -0.15) is 0 Å². The summed E-state index contributed by atoms with van der Waals surface area (Å²) >= 11 is 0. The van der Waals surface area contributed by atoms with E-state index in [-0.39, 0.29) is 5.92 Å². The van der Waals surface area contributed by atoms with Crippen molar-refractivity contribution in [1.82, 2.24) is 5.32 Å². The van der Waals surface area contributed by atoms with Gasteiger partial charge in [0.2, 0.25) is 0 Å². The first-order chi connectivity index (χ1) is 8.84. The van der Waals surface area contributed by atoms with Crippen LogP contribution >= 0.6 is 0 Å². The quantitative estimate of drug-likeness (QED) is 0.812. The molecule has 1 fully saturated rings. The summed E-state index contributed by atoms with van der Waals surface area (Å²) in [5.41, 5.74) is 2.06. The maximum absolute atomic E-state index is 12.4. The molecular weight excluding hydrogens is 226 g/mol. The highest BCUT2D eigenvalue weighted by molar-refractivity contribution is 5.98. The van der Waals surface area contributed by atoms with Crippen LogP contribution < -0.4 is 10.1 Å². The third kappa shape index (κ3) is 2.27. The van der Waals surface area contributed by atoms with E-state index in [1.807, 2.05) is 18.2 Å². The molecule has 1 aromatic carbocycles. The number of carbonyl (C=O) groups excluding carboxylic acids is 1. The molecule has 0 aromatic heterocycles. The van der Waals surface area contributed by atoms with Crippen molar-refractivity contribution in [3.8, 4) is 5.75 Å². The number of ether oxygens (including phenoxy) is 1. The molecule has 0 atom stereocenters. The Morgan fingerprint density at radius 3 is 2.94 bits per heavy atom. The fraction of sp³-hybridized carbons (Fsp3) is 0.533. The van der Waals surface area contributed by atoms with Gasteiger partial charge < -0.3 is 10.1 Å². The van der Waals surface area contributed by atoms with E-state index in [0.717, 1.165) is 56.7 Å². The zero-order chi connectivity index (χ0) is 12.4. The molecule has 18 heavy (non-hydrogen) atoms. The van der Waals surface area contributed by atoms with E-state index in [2.05, 4.69) is 5.32 Å². The molecule has 2 aliphatic rings. The van der Waals surface area contributed by atoms with Crippen molar-refractivity contribution in [2.45, 2.75) is 25.7 Å². The van der Waals surface area contributed by atoms with Gasteiger partial charge in [0.15, 0.2) is 5.78 Å². The largest absolute Gasteiger partial charge is 0.493 e. The Morgan fingerprint density at radius 2 is 2.11 bits per heavy atom. The molecule has 0 unspecified atom stereocenters. The van der Waals surface area contributed by atoms with E-state index < -0.39 is 0 Å². The lowest BCUT2D eigenvalue weighted by Crippen LogP contribution is -2.31. The second-order valence-electron chi connectivity index (χ2n) is 5.16. The number of benzene rings is 1. The molecule has 0 bridgehead atoms. The number of rotatable bonds is 2. The summed E-state index contributed by atoms with van der Waals surface area (Å²) < 4.78 is 5.58. The molecule has 0 radical (unpaired) electrons. The fourth-order valence-corrected chi connectivity index (χ4v) is 2.83. The van der Waals surface area contributed by atoms with Crippen molar-refractivity contribution in [2.24, 2.45) is 5.92 Å². The van der Waals surface area contributed by atoms with E-state index in [9.17, 15) is 4.79 Å². The van der Waals surface area contributed by atoms with Crippen LogP contribution in [0.5, 0.6) is 5.75 Å². The Kier molecular flexibility index (Phi) is 3.33. The van der Waals surface area contributed by atoms with Crippen molar-refractivity contribution in [2.75, 3.05) is 19.7 Å². The molecular formula is C15H19NO2. The molecule has 3 nitrogen and oxygen atoms in total. The number of carbonyl (C=O) groups is 1. The number of aryl methyl sites for hydroxylation is 1. The minimum atomic E-state index is 0.203. The van der Waals surface area contributed by atoms with Gasteiger partial charge in [0, 0.05) is 11.5 Å². The Balaban J connectivity index is 1.80. The standard InChI is InChI=1S/C15H19NO2/c17-15(11-5-7-16-8-6-11)13-3-4-14-12(10-13)2-1-9-18-14/h3-4,10-11,16H,1-2,5-9H2. The molecule has 0 aliphatic carbocycles. The van der Waals surface area contributed by atoms with Gasteiger partial charge in [-0.1, -0.05) is 0 Å².